The van der Waals surface area contributed by atoms with Crippen molar-refractivity contribution in [3.63, 3.8) is 0 Å². The molecule has 0 aromatic carbocycles. The summed E-state index contributed by atoms with van der Waals surface area (Å²) in [6, 6.07) is 5.71. The van der Waals surface area contributed by atoms with Crippen LogP contribution >= 0.6 is 0 Å². The molecule has 138 valence electrons. The molecule has 2 aliphatic rings. The maximum Gasteiger partial charge on any atom is 0.149 e. The number of hydrogen-bond donors (Lipinski definition) is 3. The summed E-state index contributed by atoms with van der Waals surface area (Å²) in [6.45, 7) is 0.238. The van der Waals surface area contributed by atoms with Gasteiger partial charge in [0.05, 0.1) is 11.9 Å². The number of rotatable bonds is 2. The van der Waals surface area contributed by atoms with Crippen LogP contribution in [0.15, 0.2) is 36.8 Å². The minimum Gasteiger partial charge on any atom is -0.427 e. The highest BCUT2D eigenvalue weighted by Crippen LogP contribution is 2.45. The molecule has 3 N–H and O–H groups in total. The van der Waals surface area contributed by atoms with E-state index >= 15 is 0 Å². The summed E-state index contributed by atoms with van der Waals surface area (Å²) in [7, 11) is 0. The zero-order valence-electron chi connectivity index (χ0n) is 14.8. The third-order valence-electron chi connectivity index (χ3n) is 5.74. The van der Waals surface area contributed by atoms with Crippen molar-refractivity contribution >= 4 is 11.5 Å². The number of nitrogens with one attached hydrogen (secondary N) is 1. The molecule has 1 aliphatic heterocycles. The Bertz CT molecular complexity index is 992. The molecule has 4 heterocycles. The first-order chi connectivity index (χ1) is 13.3. The lowest BCUT2D eigenvalue weighted by molar-refractivity contribution is 0.153. The van der Waals surface area contributed by atoms with Crippen molar-refractivity contribution in [1.29, 1.82) is 0 Å². The summed E-state index contributed by atoms with van der Waals surface area (Å²) in [5.41, 5.74) is 3.94. The average Bonchev–Trinajstić information content (AvgIpc) is 2.98. The lowest BCUT2D eigenvalue weighted by Gasteiger charge is -2.26. The fourth-order valence-electron chi connectivity index (χ4n) is 4.25. The summed E-state index contributed by atoms with van der Waals surface area (Å²) in [5.74, 6) is 1.91. The number of aromatic nitrogens is 4. The number of fused-ring (bicyclic) bond motifs is 5. The van der Waals surface area contributed by atoms with Crippen LogP contribution in [0.1, 0.15) is 37.4 Å². The van der Waals surface area contributed by atoms with Gasteiger partial charge in [-0.25, -0.2) is 9.97 Å². The highest BCUT2D eigenvalue weighted by atomic mass is 16.5. The van der Waals surface area contributed by atoms with Gasteiger partial charge in [-0.2, -0.15) is 4.73 Å². The van der Waals surface area contributed by atoms with Gasteiger partial charge < -0.3 is 15.6 Å². The number of hydrogen-bond acceptors (Lipinski definition) is 6. The second kappa shape index (κ2) is 6.35. The number of anilines is 2. The smallest absolute Gasteiger partial charge is 0.149 e. The van der Waals surface area contributed by atoms with Crippen molar-refractivity contribution in [2.75, 3.05) is 11.9 Å². The maximum absolute atomic E-state index is 11.1. The molecular weight excluding hydrogens is 342 g/mol. The van der Waals surface area contributed by atoms with E-state index in [0.29, 0.717) is 23.3 Å². The molecule has 27 heavy (non-hydrogen) atoms. The van der Waals surface area contributed by atoms with E-state index in [1.54, 1.807) is 18.6 Å². The van der Waals surface area contributed by atoms with E-state index < -0.39 is 0 Å². The van der Waals surface area contributed by atoms with Gasteiger partial charge in [-0.3, -0.25) is 4.98 Å². The Kier molecular flexibility index (Phi) is 3.82. The molecule has 3 aromatic rings. The molecule has 1 fully saturated rings. The standard InChI is InChI=1S/C20H21N5O2/c26-11-12-3-5-13(6-4-12)20-24-17-14-7-9-21-10-16(14)23-19-15(2-1-8-22-19)18(17)25(20)27/h1-2,7-10,12-13,26-27H,3-6,11H2,(H,22,23). The van der Waals surface area contributed by atoms with Gasteiger partial charge in [0.25, 0.3) is 0 Å². The van der Waals surface area contributed by atoms with Gasteiger partial charge in [0.1, 0.15) is 23.0 Å². The van der Waals surface area contributed by atoms with Crippen LogP contribution in [0.25, 0.3) is 22.5 Å². The highest BCUT2D eigenvalue weighted by molar-refractivity contribution is 5.94. The Hall–Kier alpha value is -2.93. The van der Waals surface area contributed by atoms with Crippen molar-refractivity contribution in [2.45, 2.75) is 31.6 Å². The highest BCUT2D eigenvalue weighted by Gasteiger charge is 2.32. The van der Waals surface area contributed by atoms with Crippen molar-refractivity contribution in [1.82, 2.24) is 19.7 Å². The van der Waals surface area contributed by atoms with E-state index in [1.165, 1.54) is 4.73 Å². The van der Waals surface area contributed by atoms with Crippen molar-refractivity contribution in [3.05, 3.63) is 42.6 Å². The van der Waals surface area contributed by atoms with Gasteiger partial charge in [-0.1, -0.05) is 0 Å². The lowest BCUT2D eigenvalue weighted by Crippen LogP contribution is -2.18. The quantitative estimate of drug-likeness (QED) is 0.471. The van der Waals surface area contributed by atoms with Crippen molar-refractivity contribution in [2.24, 2.45) is 5.92 Å². The molecule has 0 spiro atoms. The van der Waals surface area contributed by atoms with Crippen LogP contribution in [0.2, 0.25) is 0 Å². The molecule has 7 heteroatoms. The minimum atomic E-state index is 0.183. The first-order valence-electron chi connectivity index (χ1n) is 9.35. The largest absolute Gasteiger partial charge is 0.427 e. The van der Waals surface area contributed by atoms with E-state index in [0.717, 1.165) is 48.2 Å². The SMILES string of the molecule is OCC1CCC(c2nc3c(n2O)-c2cccnc2Nc2cnccc2-3)CC1. The number of aliphatic hydroxyl groups is 1. The average molecular weight is 363 g/mol. The van der Waals surface area contributed by atoms with Gasteiger partial charge in [0, 0.05) is 36.0 Å². The zero-order chi connectivity index (χ0) is 18.4. The van der Waals surface area contributed by atoms with Crippen LogP contribution in [0.5, 0.6) is 0 Å². The van der Waals surface area contributed by atoms with E-state index in [4.69, 9.17) is 4.98 Å². The second-order valence-electron chi connectivity index (χ2n) is 7.33. The van der Waals surface area contributed by atoms with Crippen LogP contribution in [0.4, 0.5) is 11.5 Å². The Morgan fingerprint density at radius 1 is 1.11 bits per heavy atom. The first-order valence-corrected chi connectivity index (χ1v) is 9.35. The van der Waals surface area contributed by atoms with Gasteiger partial charge >= 0.3 is 0 Å². The molecule has 0 bridgehead atoms. The Labute approximate surface area is 156 Å². The van der Waals surface area contributed by atoms with Gasteiger partial charge in [0.15, 0.2) is 0 Å². The third kappa shape index (κ3) is 2.57. The summed E-state index contributed by atoms with van der Waals surface area (Å²) in [5, 5.41) is 23.8. The van der Waals surface area contributed by atoms with Crippen LogP contribution in [-0.2, 0) is 0 Å². The maximum atomic E-state index is 11.1. The number of imidazole rings is 1. The molecule has 0 unspecified atom stereocenters. The molecular formula is C20H21N5O2. The fraction of sp³-hybridized carbons (Fsp3) is 0.350. The van der Waals surface area contributed by atoms with E-state index in [-0.39, 0.29) is 12.5 Å². The molecule has 5 rings (SSSR count). The van der Waals surface area contributed by atoms with Crippen LogP contribution in [-0.4, -0.2) is 36.6 Å². The monoisotopic (exact) mass is 363 g/mol. The summed E-state index contributed by atoms with van der Waals surface area (Å²) in [6.07, 6.45) is 8.97. The number of aliphatic hydroxyl groups excluding tert-OH is 1. The van der Waals surface area contributed by atoms with E-state index in [2.05, 4.69) is 15.3 Å². The van der Waals surface area contributed by atoms with Crippen molar-refractivity contribution in [3.8, 4) is 22.5 Å². The first kappa shape index (κ1) is 16.3. The molecule has 3 aromatic heterocycles. The molecule has 7 nitrogen and oxygen atoms in total. The molecule has 1 saturated carbocycles. The molecule has 0 saturated heterocycles. The second-order valence-corrected chi connectivity index (χ2v) is 7.33. The van der Waals surface area contributed by atoms with E-state index in [9.17, 15) is 10.3 Å². The Balaban J connectivity index is 1.67. The topological polar surface area (TPSA) is 96.1 Å². The Morgan fingerprint density at radius 3 is 2.78 bits per heavy atom. The molecule has 0 atom stereocenters. The molecule has 1 aliphatic carbocycles. The van der Waals surface area contributed by atoms with Crippen LogP contribution in [0, 0.1) is 5.92 Å². The summed E-state index contributed by atoms with van der Waals surface area (Å²) >= 11 is 0. The normalized spacial score (nSPS) is 20.8. The number of nitrogens with zero attached hydrogens (tertiary/aromatic N) is 4. The Morgan fingerprint density at radius 2 is 1.96 bits per heavy atom. The number of pyridine rings is 2. The summed E-state index contributed by atoms with van der Waals surface area (Å²) < 4.78 is 1.25. The van der Waals surface area contributed by atoms with Gasteiger partial charge in [0.2, 0.25) is 0 Å². The van der Waals surface area contributed by atoms with Crippen LogP contribution in [0.3, 0.4) is 0 Å². The fourth-order valence-corrected chi connectivity index (χ4v) is 4.25. The molecule has 0 radical (unpaired) electrons. The lowest BCUT2D eigenvalue weighted by atomic mass is 9.82. The minimum absolute atomic E-state index is 0.183. The third-order valence-corrected chi connectivity index (χ3v) is 5.74. The van der Waals surface area contributed by atoms with E-state index in [1.807, 2.05) is 18.2 Å². The predicted octanol–water partition coefficient (Wildman–Crippen LogP) is 3.57. The molecule has 0 amide bonds. The van der Waals surface area contributed by atoms with Crippen molar-refractivity contribution < 1.29 is 10.3 Å². The predicted molar refractivity (Wildman–Crippen MR) is 101 cm³/mol. The zero-order valence-corrected chi connectivity index (χ0v) is 14.8. The summed E-state index contributed by atoms with van der Waals surface area (Å²) in [4.78, 5) is 13.5. The van der Waals surface area contributed by atoms with Crippen LogP contribution < -0.4 is 5.32 Å². The van der Waals surface area contributed by atoms with Gasteiger partial charge in [-0.05, 0) is 49.8 Å². The van der Waals surface area contributed by atoms with Gasteiger partial charge in [-0.15, -0.1) is 0 Å².